The van der Waals surface area contributed by atoms with Gasteiger partial charge in [0.2, 0.25) is 0 Å². The lowest BCUT2D eigenvalue weighted by atomic mass is 10.2. The number of carboxylic acids is 1. The van der Waals surface area contributed by atoms with Crippen LogP contribution in [0, 0.1) is 5.92 Å². The maximum Gasteiger partial charge on any atom is 0.331 e. The second-order valence-corrected chi connectivity index (χ2v) is 2.37. The molecule has 58 valence electrons. The molecule has 0 aromatic carbocycles. The SMILES string of the molecule is CC(C)CO/C=C/C(=O)O. The summed E-state index contributed by atoms with van der Waals surface area (Å²) in [7, 11) is 0. The van der Waals surface area contributed by atoms with Crippen molar-refractivity contribution in [2.24, 2.45) is 5.92 Å². The highest BCUT2D eigenvalue weighted by atomic mass is 16.5. The normalized spacial score (nSPS) is 10.7. The maximum atomic E-state index is 9.88. The molecule has 0 heterocycles. The zero-order valence-electron chi connectivity index (χ0n) is 6.20. The molecular formula is C7H12O3. The average molecular weight is 144 g/mol. The standard InChI is InChI=1S/C7H12O3/c1-6(2)5-10-4-3-7(8)9/h3-4,6H,5H2,1-2H3,(H,8,9)/b4-3+. The van der Waals surface area contributed by atoms with Crippen LogP contribution in [0.3, 0.4) is 0 Å². The van der Waals surface area contributed by atoms with E-state index in [2.05, 4.69) is 0 Å². The van der Waals surface area contributed by atoms with Crippen molar-refractivity contribution in [2.45, 2.75) is 13.8 Å². The van der Waals surface area contributed by atoms with Gasteiger partial charge in [-0.2, -0.15) is 0 Å². The van der Waals surface area contributed by atoms with Crippen LogP contribution in [-0.2, 0) is 9.53 Å². The molecule has 0 bridgehead atoms. The Balaban J connectivity index is 3.27. The molecule has 0 fully saturated rings. The molecule has 0 saturated carbocycles. The summed E-state index contributed by atoms with van der Waals surface area (Å²) in [6.45, 7) is 4.55. The Labute approximate surface area is 60.3 Å². The van der Waals surface area contributed by atoms with E-state index < -0.39 is 5.97 Å². The highest BCUT2D eigenvalue weighted by Gasteiger charge is 1.90. The van der Waals surface area contributed by atoms with Crippen LogP contribution in [0.2, 0.25) is 0 Å². The van der Waals surface area contributed by atoms with Gasteiger partial charge in [-0.05, 0) is 5.92 Å². The van der Waals surface area contributed by atoms with Gasteiger partial charge >= 0.3 is 5.97 Å². The predicted molar refractivity (Wildman–Crippen MR) is 37.6 cm³/mol. The molecule has 0 unspecified atom stereocenters. The van der Waals surface area contributed by atoms with Gasteiger partial charge in [-0.3, -0.25) is 0 Å². The largest absolute Gasteiger partial charge is 0.501 e. The Morgan fingerprint density at radius 1 is 1.70 bits per heavy atom. The van der Waals surface area contributed by atoms with Crippen LogP contribution in [0.1, 0.15) is 13.8 Å². The lowest BCUT2D eigenvalue weighted by molar-refractivity contribution is -0.131. The van der Waals surface area contributed by atoms with E-state index in [-0.39, 0.29) is 0 Å². The maximum absolute atomic E-state index is 9.88. The fraction of sp³-hybridized carbons (Fsp3) is 0.571. The molecule has 0 aromatic rings. The first kappa shape index (κ1) is 9.01. The fourth-order valence-electron chi connectivity index (χ4n) is 0.354. The predicted octanol–water partition coefficient (Wildman–Crippen LogP) is 1.26. The van der Waals surface area contributed by atoms with Crippen LogP contribution in [0.4, 0.5) is 0 Å². The Bertz CT molecular complexity index is 127. The topological polar surface area (TPSA) is 46.5 Å². The summed E-state index contributed by atoms with van der Waals surface area (Å²) in [4.78, 5) is 9.88. The fourth-order valence-corrected chi connectivity index (χ4v) is 0.354. The average Bonchev–Trinajstić information content (AvgIpc) is 1.79. The van der Waals surface area contributed by atoms with E-state index in [1.54, 1.807) is 0 Å². The van der Waals surface area contributed by atoms with Crippen molar-refractivity contribution in [1.29, 1.82) is 0 Å². The Morgan fingerprint density at radius 3 is 2.70 bits per heavy atom. The van der Waals surface area contributed by atoms with Crippen LogP contribution in [0.15, 0.2) is 12.3 Å². The number of carbonyl (C=O) groups is 1. The van der Waals surface area contributed by atoms with Crippen LogP contribution in [0.5, 0.6) is 0 Å². The van der Waals surface area contributed by atoms with E-state index >= 15 is 0 Å². The molecule has 3 nitrogen and oxygen atoms in total. The van der Waals surface area contributed by atoms with Crippen LogP contribution >= 0.6 is 0 Å². The first-order valence-electron chi connectivity index (χ1n) is 3.14. The molecule has 0 aliphatic rings. The molecular weight excluding hydrogens is 132 g/mol. The monoisotopic (exact) mass is 144 g/mol. The number of aliphatic carboxylic acids is 1. The minimum Gasteiger partial charge on any atom is -0.501 e. The summed E-state index contributed by atoms with van der Waals surface area (Å²) in [5.41, 5.74) is 0. The lowest BCUT2D eigenvalue weighted by Gasteiger charge is -2.01. The number of hydrogen-bond acceptors (Lipinski definition) is 2. The highest BCUT2D eigenvalue weighted by molar-refractivity contribution is 5.79. The molecule has 1 N–H and O–H groups in total. The highest BCUT2D eigenvalue weighted by Crippen LogP contribution is 1.91. The summed E-state index contributed by atoms with van der Waals surface area (Å²) in [5.74, 6) is -0.554. The van der Waals surface area contributed by atoms with Crippen molar-refractivity contribution in [1.82, 2.24) is 0 Å². The molecule has 0 spiro atoms. The van der Waals surface area contributed by atoms with E-state index in [0.717, 1.165) is 6.08 Å². The van der Waals surface area contributed by atoms with Gasteiger partial charge in [-0.25, -0.2) is 4.79 Å². The van der Waals surface area contributed by atoms with E-state index in [4.69, 9.17) is 9.84 Å². The Hall–Kier alpha value is -0.990. The molecule has 0 rings (SSSR count). The van der Waals surface area contributed by atoms with Crippen molar-refractivity contribution >= 4 is 5.97 Å². The number of rotatable bonds is 4. The van der Waals surface area contributed by atoms with Crippen LogP contribution < -0.4 is 0 Å². The number of carboxylic acid groups (broad SMARTS) is 1. The molecule has 0 saturated heterocycles. The summed E-state index contributed by atoms with van der Waals surface area (Å²) in [6, 6.07) is 0. The first-order valence-corrected chi connectivity index (χ1v) is 3.14. The second kappa shape index (κ2) is 4.85. The minimum atomic E-state index is -0.983. The quantitative estimate of drug-likeness (QED) is 0.477. The summed E-state index contributed by atoms with van der Waals surface area (Å²) in [5, 5.41) is 8.11. The van der Waals surface area contributed by atoms with E-state index in [1.165, 1.54) is 6.26 Å². The first-order chi connectivity index (χ1) is 4.63. The summed E-state index contributed by atoms with van der Waals surface area (Å²) in [6.07, 6.45) is 2.17. The molecule has 0 radical (unpaired) electrons. The Morgan fingerprint density at radius 2 is 2.30 bits per heavy atom. The zero-order chi connectivity index (χ0) is 7.98. The molecule has 0 atom stereocenters. The van der Waals surface area contributed by atoms with Crippen molar-refractivity contribution < 1.29 is 14.6 Å². The van der Waals surface area contributed by atoms with Gasteiger partial charge in [0.15, 0.2) is 0 Å². The zero-order valence-corrected chi connectivity index (χ0v) is 6.20. The second-order valence-electron chi connectivity index (χ2n) is 2.37. The molecule has 0 amide bonds. The van der Waals surface area contributed by atoms with E-state index in [1.807, 2.05) is 13.8 Å². The van der Waals surface area contributed by atoms with Gasteiger partial charge in [-0.15, -0.1) is 0 Å². The number of hydrogen-bond donors (Lipinski definition) is 1. The molecule has 0 aliphatic carbocycles. The van der Waals surface area contributed by atoms with Gasteiger partial charge in [0.05, 0.1) is 18.9 Å². The third-order valence-corrected chi connectivity index (χ3v) is 0.736. The summed E-state index contributed by atoms with van der Waals surface area (Å²) < 4.78 is 4.84. The van der Waals surface area contributed by atoms with Crippen molar-refractivity contribution in [3.63, 3.8) is 0 Å². The Kier molecular flexibility index (Phi) is 4.37. The van der Waals surface area contributed by atoms with E-state index in [0.29, 0.717) is 12.5 Å². The molecule has 0 aromatic heterocycles. The van der Waals surface area contributed by atoms with Gasteiger partial charge in [-0.1, -0.05) is 13.8 Å². The lowest BCUT2D eigenvalue weighted by Crippen LogP contribution is -1.97. The molecule has 10 heavy (non-hydrogen) atoms. The van der Waals surface area contributed by atoms with Gasteiger partial charge in [0.1, 0.15) is 0 Å². The van der Waals surface area contributed by atoms with Gasteiger partial charge in [0.25, 0.3) is 0 Å². The van der Waals surface area contributed by atoms with Crippen molar-refractivity contribution in [3.8, 4) is 0 Å². The number of ether oxygens (including phenoxy) is 1. The van der Waals surface area contributed by atoms with E-state index in [9.17, 15) is 4.79 Å². The van der Waals surface area contributed by atoms with Crippen molar-refractivity contribution in [3.05, 3.63) is 12.3 Å². The molecule has 0 aliphatic heterocycles. The smallest absolute Gasteiger partial charge is 0.331 e. The van der Waals surface area contributed by atoms with Gasteiger partial charge in [0, 0.05) is 0 Å². The molecule has 3 heteroatoms. The summed E-state index contributed by atoms with van der Waals surface area (Å²) >= 11 is 0. The van der Waals surface area contributed by atoms with Crippen LogP contribution in [0.25, 0.3) is 0 Å². The minimum absolute atomic E-state index is 0.429. The van der Waals surface area contributed by atoms with Crippen molar-refractivity contribution in [2.75, 3.05) is 6.61 Å². The van der Waals surface area contributed by atoms with Crippen LogP contribution in [-0.4, -0.2) is 17.7 Å². The third kappa shape index (κ3) is 7.01. The van der Waals surface area contributed by atoms with Gasteiger partial charge < -0.3 is 9.84 Å². The third-order valence-electron chi connectivity index (χ3n) is 0.736.